The Morgan fingerprint density at radius 3 is 2.44 bits per heavy atom. The molecule has 0 spiro atoms. The maximum absolute atomic E-state index is 12.1. The van der Waals surface area contributed by atoms with Crippen molar-refractivity contribution < 1.29 is 13.7 Å². The number of hydrogen-bond donors (Lipinski definition) is 1. The molecule has 0 fully saturated rings. The number of ether oxygens (including phenoxy) is 1. The molecule has 0 aromatic heterocycles. The van der Waals surface area contributed by atoms with Gasteiger partial charge in [0.05, 0.1) is 22.4 Å². The van der Waals surface area contributed by atoms with Gasteiger partial charge in [-0.15, -0.1) is 11.6 Å². The second-order valence-corrected chi connectivity index (χ2v) is 6.40. The maximum Gasteiger partial charge on any atom is 0.337 e. The molecule has 0 aliphatic heterocycles. The molecule has 4 nitrogen and oxygen atoms in total. The number of esters is 1. The van der Waals surface area contributed by atoms with E-state index in [1.165, 1.54) is 19.2 Å². The number of alkyl halides is 1. The molecule has 0 saturated heterocycles. The monoisotopic (exact) mass is 289 g/mol. The van der Waals surface area contributed by atoms with E-state index >= 15 is 0 Å². The van der Waals surface area contributed by atoms with Crippen LogP contribution in [0.5, 0.6) is 0 Å². The van der Waals surface area contributed by atoms with Gasteiger partial charge in [0.1, 0.15) is 0 Å². The van der Waals surface area contributed by atoms with Crippen molar-refractivity contribution in [3.63, 3.8) is 0 Å². The van der Waals surface area contributed by atoms with Crippen LogP contribution in [0.2, 0.25) is 0 Å². The van der Waals surface area contributed by atoms with Crippen LogP contribution in [0.4, 0.5) is 0 Å². The third-order valence-corrected chi connectivity index (χ3v) is 4.64. The number of halogens is 1. The number of methoxy groups -OCH3 is 1. The van der Waals surface area contributed by atoms with E-state index in [-0.39, 0.29) is 5.75 Å². The van der Waals surface area contributed by atoms with Crippen molar-refractivity contribution in [1.82, 2.24) is 0 Å². The molecule has 0 radical (unpaired) electrons. The molecule has 1 aromatic carbocycles. The lowest BCUT2D eigenvalue weighted by Crippen LogP contribution is -2.06. The van der Waals surface area contributed by atoms with Crippen molar-refractivity contribution in [1.29, 1.82) is 4.78 Å². The Morgan fingerprint density at radius 1 is 1.33 bits per heavy atom. The minimum atomic E-state index is -2.79. The van der Waals surface area contributed by atoms with Crippen LogP contribution < -0.4 is 0 Å². The molecule has 0 saturated carbocycles. The number of carbonyl (C=O) groups is 1. The van der Waals surface area contributed by atoms with Gasteiger partial charge in [-0.2, -0.15) is 0 Å². The smallest absolute Gasteiger partial charge is 0.337 e. The Morgan fingerprint density at radius 2 is 1.94 bits per heavy atom. The zero-order valence-electron chi connectivity index (χ0n) is 10.1. The molecule has 1 rings (SSSR count). The Balaban J connectivity index is 2.81. The molecule has 6 heteroatoms. The summed E-state index contributed by atoms with van der Waals surface area (Å²) >= 11 is 5.54. The molecule has 0 aliphatic rings. The van der Waals surface area contributed by atoms with Gasteiger partial charge in [0.2, 0.25) is 0 Å². The van der Waals surface area contributed by atoms with Gasteiger partial charge in [0.15, 0.2) is 0 Å². The van der Waals surface area contributed by atoms with Crippen molar-refractivity contribution in [2.45, 2.75) is 17.7 Å². The molecule has 0 bridgehead atoms. The summed E-state index contributed by atoms with van der Waals surface area (Å²) in [5.74, 6) is 0.355. The summed E-state index contributed by atoms with van der Waals surface area (Å²) in [5, 5.41) is 0. The number of benzene rings is 1. The van der Waals surface area contributed by atoms with E-state index in [0.717, 1.165) is 6.42 Å². The van der Waals surface area contributed by atoms with Gasteiger partial charge in [-0.1, -0.05) is 0 Å². The molecule has 0 aliphatic carbocycles. The topological polar surface area (TPSA) is 67.2 Å². The average Bonchev–Trinajstić information content (AvgIpc) is 2.38. The Bertz CT molecular complexity index is 497. The van der Waals surface area contributed by atoms with Crippen molar-refractivity contribution in [3.8, 4) is 0 Å². The zero-order valence-corrected chi connectivity index (χ0v) is 11.7. The third kappa shape index (κ3) is 3.99. The van der Waals surface area contributed by atoms with Crippen molar-refractivity contribution >= 4 is 27.3 Å². The third-order valence-electron chi connectivity index (χ3n) is 2.47. The lowest BCUT2D eigenvalue weighted by Gasteiger charge is -2.07. The number of carbonyl (C=O) groups excluding carboxylic acids is 1. The van der Waals surface area contributed by atoms with E-state index in [9.17, 15) is 9.00 Å². The van der Waals surface area contributed by atoms with Gasteiger partial charge in [-0.05, 0) is 37.1 Å². The van der Waals surface area contributed by atoms with Gasteiger partial charge >= 0.3 is 5.97 Å². The van der Waals surface area contributed by atoms with Crippen molar-refractivity contribution in [3.05, 3.63) is 29.8 Å². The fraction of sp³-hybridized carbons (Fsp3) is 0.417. The predicted octanol–water partition coefficient (Wildman–Crippen LogP) is 2.90. The van der Waals surface area contributed by atoms with Gasteiger partial charge in [0.25, 0.3) is 0 Å². The highest BCUT2D eigenvalue weighted by atomic mass is 35.5. The van der Waals surface area contributed by atoms with Crippen LogP contribution in [0, 0.1) is 4.78 Å². The summed E-state index contributed by atoms with van der Waals surface area (Å²) in [4.78, 5) is 11.7. The van der Waals surface area contributed by atoms with E-state index < -0.39 is 15.7 Å². The Kier molecular flexibility index (Phi) is 5.62. The van der Waals surface area contributed by atoms with Crippen molar-refractivity contribution in [2.24, 2.45) is 0 Å². The lowest BCUT2D eigenvalue weighted by molar-refractivity contribution is 0.0600. The quantitative estimate of drug-likeness (QED) is 0.497. The summed E-state index contributed by atoms with van der Waals surface area (Å²) in [6.07, 6.45) is 1.41. The number of unbranched alkanes of at least 4 members (excludes halogenated alkanes) is 1. The average molecular weight is 290 g/mol. The van der Waals surface area contributed by atoms with E-state index in [1.54, 1.807) is 12.1 Å². The van der Waals surface area contributed by atoms with Crippen LogP contribution in [-0.2, 0) is 14.5 Å². The molecule has 0 heterocycles. The van der Waals surface area contributed by atoms with E-state index in [4.69, 9.17) is 16.4 Å². The van der Waals surface area contributed by atoms with Gasteiger partial charge in [-0.3, -0.25) is 0 Å². The highest BCUT2D eigenvalue weighted by molar-refractivity contribution is 7.92. The van der Waals surface area contributed by atoms with E-state index in [0.29, 0.717) is 22.8 Å². The van der Waals surface area contributed by atoms with Crippen LogP contribution in [0.25, 0.3) is 0 Å². The van der Waals surface area contributed by atoms with Gasteiger partial charge in [0, 0.05) is 16.5 Å². The molecule has 1 atom stereocenters. The SMILES string of the molecule is COC(=O)c1ccc(S(=N)(=O)CCCCCl)cc1. The minimum absolute atomic E-state index is 0.289. The van der Waals surface area contributed by atoms with Crippen LogP contribution >= 0.6 is 11.6 Å². The maximum atomic E-state index is 12.1. The second-order valence-electron chi connectivity index (χ2n) is 3.79. The fourth-order valence-corrected chi connectivity index (χ4v) is 3.06. The summed E-state index contributed by atoms with van der Waals surface area (Å²) in [5.41, 5.74) is 0.386. The fourth-order valence-electron chi connectivity index (χ4n) is 1.45. The van der Waals surface area contributed by atoms with Crippen LogP contribution in [0.3, 0.4) is 0 Å². The highest BCUT2D eigenvalue weighted by Crippen LogP contribution is 2.15. The second kappa shape index (κ2) is 6.75. The molecule has 1 aromatic rings. The van der Waals surface area contributed by atoms with Crippen LogP contribution in [0.15, 0.2) is 29.2 Å². The normalized spacial score (nSPS) is 13.9. The standard InChI is InChI=1S/C12H16ClNO3S/c1-17-12(15)10-4-6-11(7-5-10)18(14,16)9-3-2-8-13/h4-7,14H,2-3,8-9H2,1H3. The molecular formula is C12H16ClNO3S. The number of rotatable bonds is 6. The number of nitrogens with one attached hydrogen (secondary N) is 1. The van der Waals surface area contributed by atoms with Crippen LogP contribution in [0.1, 0.15) is 23.2 Å². The van der Waals surface area contributed by atoms with Crippen molar-refractivity contribution in [2.75, 3.05) is 18.7 Å². The summed E-state index contributed by atoms with van der Waals surface area (Å²) in [6, 6.07) is 6.14. The Hall–Kier alpha value is -1.07. The molecule has 1 unspecified atom stereocenters. The van der Waals surface area contributed by atoms with Gasteiger partial charge in [-0.25, -0.2) is 13.8 Å². The summed E-state index contributed by atoms with van der Waals surface area (Å²) in [7, 11) is -1.49. The zero-order chi connectivity index (χ0) is 13.6. The first-order valence-corrected chi connectivity index (χ1v) is 7.78. The summed E-state index contributed by atoms with van der Waals surface area (Å²) in [6.45, 7) is 0. The molecule has 1 N–H and O–H groups in total. The molecular weight excluding hydrogens is 274 g/mol. The lowest BCUT2D eigenvalue weighted by atomic mass is 10.2. The molecule has 100 valence electrons. The highest BCUT2D eigenvalue weighted by Gasteiger charge is 2.11. The van der Waals surface area contributed by atoms with E-state index in [2.05, 4.69) is 4.74 Å². The van der Waals surface area contributed by atoms with E-state index in [1.807, 2.05) is 0 Å². The largest absolute Gasteiger partial charge is 0.465 e. The predicted molar refractivity (Wildman–Crippen MR) is 71.7 cm³/mol. The molecule has 18 heavy (non-hydrogen) atoms. The summed E-state index contributed by atoms with van der Waals surface area (Å²) < 4.78 is 24.5. The van der Waals surface area contributed by atoms with Crippen LogP contribution in [-0.4, -0.2) is 28.9 Å². The first kappa shape index (κ1) is 15.0. The first-order valence-electron chi connectivity index (χ1n) is 5.52. The Labute approximate surface area is 112 Å². The molecule has 0 amide bonds. The van der Waals surface area contributed by atoms with Gasteiger partial charge < -0.3 is 4.74 Å². The minimum Gasteiger partial charge on any atom is -0.465 e. The number of hydrogen-bond acceptors (Lipinski definition) is 4. The first-order chi connectivity index (χ1) is 8.51.